The summed E-state index contributed by atoms with van der Waals surface area (Å²) in [7, 11) is 0. The number of aryl methyl sites for hydroxylation is 1. The standard InChI is InChI=1S/C26H24Cl2N2O/c1-15(2)17-8-10-19(11-9-17)26-30-24(21-12-20(27)13-22(28)25(21)31-26)14-23(29-30)18-6-4-16(3)5-7-18/h4-13,15,24,26H,14H2,1-3H3/t24-,26+/m0/s1. The zero-order valence-corrected chi connectivity index (χ0v) is 19.3. The minimum absolute atomic E-state index is 0.0195. The third-order valence-corrected chi connectivity index (χ3v) is 6.58. The fourth-order valence-corrected chi connectivity index (χ4v) is 4.85. The second-order valence-electron chi connectivity index (χ2n) is 8.61. The lowest BCUT2D eigenvalue weighted by Crippen LogP contribution is -2.33. The number of hydrogen-bond donors (Lipinski definition) is 0. The summed E-state index contributed by atoms with van der Waals surface area (Å²) in [4.78, 5) is 0. The molecule has 31 heavy (non-hydrogen) atoms. The van der Waals surface area contributed by atoms with Gasteiger partial charge in [-0.05, 0) is 36.1 Å². The van der Waals surface area contributed by atoms with E-state index in [1.54, 1.807) is 6.07 Å². The molecule has 3 aromatic rings. The molecule has 0 saturated carbocycles. The van der Waals surface area contributed by atoms with Gasteiger partial charge in [-0.25, -0.2) is 5.01 Å². The van der Waals surface area contributed by atoms with E-state index in [1.807, 2.05) is 6.07 Å². The Bertz CT molecular complexity index is 1150. The number of benzene rings is 3. The molecule has 2 aliphatic heterocycles. The molecule has 0 saturated heterocycles. The van der Waals surface area contributed by atoms with Crippen LogP contribution in [0.25, 0.3) is 0 Å². The first kappa shape index (κ1) is 20.4. The maximum absolute atomic E-state index is 6.56. The van der Waals surface area contributed by atoms with Gasteiger partial charge in [0.25, 0.3) is 0 Å². The first-order valence-electron chi connectivity index (χ1n) is 10.6. The lowest BCUT2D eigenvalue weighted by Gasteiger charge is -2.38. The molecule has 0 radical (unpaired) electrons. The summed E-state index contributed by atoms with van der Waals surface area (Å²) in [6, 6.07) is 20.8. The van der Waals surface area contributed by atoms with Crippen molar-refractivity contribution >= 4 is 28.9 Å². The highest BCUT2D eigenvalue weighted by Gasteiger charge is 2.42. The minimum Gasteiger partial charge on any atom is -0.463 e. The lowest BCUT2D eigenvalue weighted by atomic mass is 9.95. The summed E-state index contributed by atoms with van der Waals surface area (Å²) in [5.74, 6) is 1.18. The van der Waals surface area contributed by atoms with E-state index in [-0.39, 0.29) is 12.3 Å². The fraction of sp³-hybridized carbons (Fsp3) is 0.269. The van der Waals surface area contributed by atoms with Crippen molar-refractivity contribution in [3.63, 3.8) is 0 Å². The van der Waals surface area contributed by atoms with Crippen LogP contribution in [0.15, 0.2) is 65.8 Å². The van der Waals surface area contributed by atoms with Gasteiger partial charge in [0, 0.05) is 22.6 Å². The van der Waals surface area contributed by atoms with E-state index < -0.39 is 0 Å². The summed E-state index contributed by atoms with van der Waals surface area (Å²) in [5.41, 5.74) is 6.74. The quantitative estimate of drug-likeness (QED) is 0.408. The number of halogens is 2. The smallest absolute Gasteiger partial charge is 0.213 e. The van der Waals surface area contributed by atoms with Crippen LogP contribution >= 0.6 is 23.2 Å². The Morgan fingerprint density at radius 2 is 1.71 bits per heavy atom. The highest BCUT2D eigenvalue weighted by atomic mass is 35.5. The molecule has 3 nitrogen and oxygen atoms in total. The van der Waals surface area contributed by atoms with Crippen LogP contribution in [0, 0.1) is 6.92 Å². The monoisotopic (exact) mass is 450 g/mol. The lowest BCUT2D eigenvalue weighted by molar-refractivity contribution is -0.0189. The van der Waals surface area contributed by atoms with Gasteiger partial charge in [-0.1, -0.05) is 91.1 Å². The number of rotatable bonds is 3. The molecule has 0 fully saturated rings. The SMILES string of the molecule is Cc1ccc(C2=NN3[C@@H](c4ccc(C(C)C)cc4)Oc4c(Cl)cc(Cl)cc4[C@@H]3C2)cc1. The second-order valence-corrected chi connectivity index (χ2v) is 9.45. The van der Waals surface area contributed by atoms with Crippen molar-refractivity contribution in [1.29, 1.82) is 0 Å². The molecule has 2 aliphatic rings. The molecule has 0 unspecified atom stereocenters. The van der Waals surface area contributed by atoms with Crippen molar-refractivity contribution in [3.05, 3.63) is 98.5 Å². The van der Waals surface area contributed by atoms with Crippen LogP contribution in [0.4, 0.5) is 0 Å². The third-order valence-electron chi connectivity index (χ3n) is 6.08. The van der Waals surface area contributed by atoms with Crippen molar-refractivity contribution in [1.82, 2.24) is 5.01 Å². The topological polar surface area (TPSA) is 24.8 Å². The van der Waals surface area contributed by atoms with Gasteiger partial charge in [-0.3, -0.25) is 0 Å². The Morgan fingerprint density at radius 1 is 1.00 bits per heavy atom. The Morgan fingerprint density at radius 3 is 2.39 bits per heavy atom. The van der Waals surface area contributed by atoms with E-state index in [0.29, 0.717) is 21.7 Å². The Hall–Kier alpha value is -2.49. The summed E-state index contributed by atoms with van der Waals surface area (Å²) in [6.07, 6.45) is 0.428. The molecule has 0 aliphatic carbocycles. The van der Waals surface area contributed by atoms with Crippen LogP contribution < -0.4 is 4.74 Å². The molecule has 0 aromatic heterocycles. The molecule has 5 rings (SSSR count). The van der Waals surface area contributed by atoms with Gasteiger partial charge in [-0.2, -0.15) is 5.10 Å². The molecule has 0 spiro atoms. The first-order valence-corrected chi connectivity index (χ1v) is 11.3. The van der Waals surface area contributed by atoms with E-state index in [1.165, 1.54) is 11.1 Å². The van der Waals surface area contributed by atoms with E-state index in [9.17, 15) is 0 Å². The zero-order chi connectivity index (χ0) is 21.7. The molecule has 2 heterocycles. The normalized spacial score (nSPS) is 19.7. The van der Waals surface area contributed by atoms with Gasteiger partial charge in [0.15, 0.2) is 0 Å². The van der Waals surface area contributed by atoms with Gasteiger partial charge in [0.2, 0.25) is 6.23 Å². The Balaban J connectivity index is 1.59. The number of hydrazone groups is 1. The van der Waals surface area contributed by atoms with Crippen LogP contribution in [0.3, 0.4) is 0 Å². The summed E-state index contributed by atoms with van der Waals surface area (Å²) < 4.78 is 6.45. The number of ether oxygens (including phenoxy) is 1. The van der Waals surface area contributed by atoms with Gasteiger partial charge >= 0.3 is 0 Å². The van der Waals surface area contributed by atoms with Gasteiger partial charge in [0.05, 0.1) is 16.8 Å². The highest BCUT2D eigenvalue weighted by molar-refractivity contribution is 6.35. The second kappa shape index (κ2) is 7.89. The van der Waals surface area contributed by atoms with E-state index >= 15 is 0 Å². The Kier molecular flexibility index (Phi) is 5.19. The van der Waals surface area contributed by atoms with E-state index in [4.69, 9.17) is 33.0 Å². The Labute approximate surface area is 193 Å². The molecular weight excluding hydrogens is 427 g/mol. The predicted octanol–water partition coefficient (Wildman–Crippen LogP) is 7.67. The number of fused-ring (bicyclic) bond motifs is 3. The van der Waals surface area contributed by atoms with Crippen LogP contribution in [0.5, 0.6) is 5.75 Å². The van der Waals surface area contributed by atoms with E-state index in [2.05, 4.69) is 74.3 Å². The molecular formula is C26H24Cl2N2O. The third kappa shape index (κ3) is 3.71. The average molecular weight is 451 g/mol. The molecule has 5 heteroatoms. The largest absolute Gasteiger partial charge is 0.463 e. The zero-order valence-electron chi connectivity index (χ0n) is 17.8. The van der Waals surface area contributed by atoms with Crippen molar-refractivity contribution in [2.24, 2.45) is 5.10 Å². The van der Waals surface area contributed by atoms with Crippen LogP contribution in [-0.4, -0.2) is 10.7 Å². The molecule has 0 amide bonds. The number of hydrogen-bond acceptors (Lipinski definition) is 3. The first-order chi connectivity index (χ1) is 14.9. The summed E-state index contributed by atoms with van der Waals surface area (Å²) in [5, 5.41) is 8.23. The van der Waals surface area contributed by atoms with Crippen LogP contribution in [0.1, 0.15) is 66.3 Å². The van der Waals surface area contributed by atoms with Gasteiger partial charge in [-0.15, -0.1) is 0 Å². The molecule has 2 atom stereocenters. The van der Waals surface area contributed by atoms with Crippen LogP contribution in [-0.2, 0) is 0 Å². The van der Waals surface area contributed by atoms with Gasteiger partial charge < -0.3 is 4.74 Å². The fourth-order valence-electron chi connectivity index (χ4n) is 4.30. The van der Waals surface area contributed by atoms with Crippen molar-refractivity contribution in [2.45, 2.75) is 45.4 Å². The van der Waals surface area contributed by atoms with E-state index in [0.717, 1.165) is 28.8 Å². The van der Waals surface area contributed by atoms with Crippen molar-refractivity contribution in [2.75, 3.05) is 0 Å². The van der Waals surface area contributed by atoms with Crippen molar-refractivity contribution in [3.8, 4) is 5.75 Å². The molecule has 0 bridgehead atoms. The van der Waals surface area contributed by atoms with Crippen LogP contribution in [0.2, 0.25) is 10.0 Å². The molecule has 158 valence electrons. The average Bonchev–Trinajstić information content (AvgIpc) is 3.19. The minimum atomic E-state index is -0.347. The maximum Gasteiger partial charge on any atom is 0.213 e. The van der Waals surface area contributed by atoms with Crippen molar-refractivity contribution < 1.29 is 4.74 Å². The summed E-state index contributed by atoms with van der Waals surface area (Å²) in [6.45, 7) is 6.48. The molecule has 3 aromatic carbocycles. The predicted molar refractivity (Wildman–Crippen MR) is 127 cm³/mol. The highest BCUT2D eigenvalue weighted by Crippen LogP contribution is 2.50. The number of nitrogens with zero attached hydrogens (tertiary/aromatic N) is 2. The van der Waals surface area contributed by atoms with Gasteiger partial charge in [0.1, 0.15) is 5.75 Å². The molecule has 0 N–H and O–H groups in total. The maximum atomic E-state index is 6.56. The summed E-state index contributed by atoms with van der Waals surface area (Å²) >= 11 is 12.9.